The standard InChI is InChI=1S/C17H28N4/c1-14-8-7-11-21(13-14)17(18)19-12-15(2)20(3)16-9-5-4-6-10-16/h4-6,9-10,14-15H,7-8,11-13H2,1-3H3,(H2,18,19). The number of likely N-dealkylation sites (N-methyl/N-ethyl adjacent to an activating group) is 1. The first-order valence-corrected chi connectivity index (χ1v) is 7.90. The predicted molar refractivity (Wildman–Crippen MR) is 90.8 cm³/mol. The Morgan fingerprint density at radius 3 is 2.81 bits per heavy atom. The molecule has 1 aromatic carbocycles. The van der Waals surface area contributed by atoms with Gasteiger partial charge in [-0.2, -0.15) is 0 Å². The van der Waals surface area contributed by atoms with Crippen LogP contribution >= 0.6 is 0 Å². The largest absolute Gasteiger partial charge is 0.370 e. The van der Waals surface area contributed by atoms with Crippen molar-refractivity contribution in [3.63, 3.8) is 0 Å². The molecule has 2 rings (SSSR count). The molecule has 0 saturated carbocycles. The number of hydrogen-bond acceptors (Lipinski definition) is 2. The average Bonchev–Trinajstić information content (AvgIpc) is 2.52. The van der Waals surface area contributed by atoms with E-state index in [0.29, 0.717) is 12.0 Å². The molecule has 1 aliphatic heterocycles. The Bertz CT molecular complexity index is 457. The molecule has 1 fully saturated rings. The van der Waals surface area contributed by atoms with Crippen molar-refractivity contribution in [2.45, 2.75) is 32.7 Å². The molecule has 0 radical (unpaired) electrons. The molecular weight excluding hydrogens is 260 g/mol. The summed E-state index contributed by atoms with van der Waals surface area (Å²) in [4.78, 5) is 9.08. The lowest BCUT2D eigenvalue weighted by Crippen LogP contribution is -2.44. The number of para-hydroxylation sites is 1. The second kappa shape index (κ2) is 7.34. The molecule has 0 spiro atoms. The Balaban J connectivity index is 1.90. The number of piperidine rings is 1. The molecule has 0 aromatic heterocycles. The van der Waals surface area contributed by atoms with Gasteiger partial charge >= 0.3 is 0 Å². The number of aliphatic imine (C=N–C) groups is 1. The van der Waals surface area contributed by atoms with Crippen LogP contribution in [0.25, 0.3) is 0 Å². The van der Waals surface area contributed by atoms with Crippen LogP contribution in [-0.2, 0) is 0 Å². The van der Waals surface area contributed by atoms with Crippen molar-refractivity contribution in [3.8, 4) is 0 Å². The van der Waals surface area contributed by atoms with E-state index in [1.165, 1.54) is 18.5 Å². The van der Waals surface area contributed by atoms with Gasteiger partial charge in [-0.05, 0) is 37.8 Å². The lowest BCUT2D eigenvalue weighted by Gasteiger charge is -2.32. The molecule has 2 atom stereocenters. The summed E-state index contributed by atoms with van der Waals surface area (Å²) < 4.78 is 0. The minimum absolute atomic E-state index is 0.327. The van der Waals surface area contributed by atoms with Gasteiger partial charge in [0.05, 0.1) is 6.54 Å². The van der Waals surface area contributed by atoms with E-state index in [2.05, 4.69) is 60.0 Å². The van der Waals surface area contributed by atoms with E-state index in [0.717, 1.165) is 25.6 Å². The number of nitrogens with two attached hydrogens (primary N) is 1. The molecule has 1 aromatic rings. The molecule has 116 valence electrons. The van der Waals surface area contributed by atoms with E-state index >= 15 is 0 Å². The SMILES string of the molecule is CC1CCCN(C(N)=NCC(C)N(C)c2ccccc2)C1. The highest BCUT2D eigenvalue weighted by Gasteiger charge is 2.18. The van der Waals surface area contributed by atoms with Crippen molar-refractivity contribution in [1.29, 1.82) is 0 Å². The van der Waals surface area contributed by atoms with Gasteiger partial charge in [-0.3, -0.25) is 4.99 Å². The van der Waals surface area contributed by atoms with Gasteiger partial charge in [0.25, 0.3) is 0 Å². The third-order valence-corrected chi connectivity index (χ3v) is 4.32. The number of benzene rings is 1. The topological polar surface area (TPSA) is 44.9 Å². The molecule has 0 bridgehead atoms. The number of anilines is 1. The number of nitrogens with zero attached hydrogens (tertiary/aromatic N) is 3. The highest BCUT2D eigenvalue weighted by atomic mass is 15.3. The summed E-state index contributed by atoms with van der Waals surface area (Å²) in [6.45, 7) is 7.27. The van der Waals surface area contributed by atoms with Crippen LogP contribution in [0.1, 0.15) is 26.7 Å². The van der Waals surface area contributed by atoms with E-state index in [1.807, 2.05) is 6.07 Å². The summed E-state index contributed by atoms with van der Waals surface area (Å²) in [7, 11) is 2.11. The van der Waals surface area contributed by atoms with Crippen LogP contribution < -0.4 is 10.6 Å². The fourth-order valence-corrected chi connectivity index (χ4v) is 2.76. The summed E-state index contributed by atoms with van der Waals surface area (Å²) in [6.07, 6.45) is 2.52. The van der Waals surface area contributed by atoms with Crippen LogP contribution in [0, 0.1) is 5.92 Å². The molecule has 0 aliphatic carbocycles. The highest BCUT2D eigenvalue weighted by Crippen LogP contribution is 2.16. The van der Waals surface area contributed by atoms with E-state index in [-0.39, 0.29) is 0 Å². The van der Waals surface area contributed by atoms with Crippen molar-refractivity contribution in [3.05, 3.63) is 30.3 Å². The minimum Gasteiger partial charge on any atom is -0.370 e. The molecule has 2 N–H and O–H groups in total. The quantitative estimate of drug-likeness (QED) is 0.684. The summed E-state index contributed by atoms with van der Waals surface area (Å²) in [5.41, 5.74) is 7.37. The van der Waals surface area contributed by atoms with Crippen molar-refractivity contribution in [1.82, 2.24) is 4.90 Å². The maximum atomic E-state index is 6.16. The molecule has 4 nitrogen and oxygen atoms in total. The smallest absolute Gasteiger partial charge is 0.191 e. The Hall–Kier alpha value is -1.71. The fourth-order valence-electron chi connectivity index (χ4n) is 2.76. The first-order valence-electron chi connectivity index (χ1n) is 7.90. The molecule has 1 aliphatic rings. The normalized spacial score (nSPS) is 21.2. The Kier molecular flexibility index (Phi) is 5.48. The van der Waals surface area contributed by atoms with Crippen LogP contribution in [0.4, 0.5) is 5.69 Å². The summed E-state index contributed by atoms with van der Waals surface area (Å²) in [5, 5.41) is 0. The Morgan fingerprint density at radius 2 is 2.14 bits per heavy atom. The van der Waals surface area contributed by atoms with Crippen molar-refractivity contribution in [2.75, 3.05) is 31.6 Å². The van der Waals surface area contributed by atoms with Crippen LogP contribution in [-0.4, -0.2) is 43.6 Å². The summed E-state index contributed by atoms with van der Waals surface area (Å²) >= 11 is 0. The third-order valence-electron chi connectivity index (χ3n) is 4.32. The molecule has 4 heteroatoms. The lowest BCUT2D eigenvalue weighted by molar-refractivity contribution is 0.270. The van der Waals surface area contributed by atoms with Gasteiger partial charge in [-0.15, -0.1) is 0 Å². The zero-order valence-corrected chi connectivity index (χ0v) is 13.5. The zero-order chi connectivity index (χ0) is 15.2. The maximum absolute atomic E-state index is 6.16. The number of rotatable bonds is 4. The van der Waals surface area contributed by atoms with E-state index < -0.39 is 0 Å². The van der Waals surface area contributed by atoms with Gasteiger partial charge in [0, 0.05) is 31.9 Å². The zero-order valence-electron chi connectivity index (χ0n) is 13.5. The monoisotopic (exact) mass is 288 g/mol. The molecule has 1 heterocycles. The minimum atomic E-state index is 0.327. The van der Waals surface area contributed by atoms with Crippen molar-refractivity contribution in [2.24, 2.45) is 16.6 Å². The van der Waals surface area contributed by atoms with Gasteiger partial charge in [0.15, 0.2) is 5.96 Å². The number of hydrogen-bond donors (Lipinski definition) is 1. The second-order valence-electron chi connectivity index (χ2n) is 6.19. The number of likely N-dealkylation sites (tertiary alicyclic amines) is 1. The maximum Gasteiger partial charge on any atom is 0.191 e. The first-order chi connectivity index (χ1) is 10.1. The molecule has 2 unspecified atom stereocenters. The van der Waals surface area contributed by atoms with Crippen molar-refractivity contribution >= 4 is 11.6 Å². The van der Waals surface area contributed by atoms with Crippen LogP contribution in [0.5, 0.6) is 0 Å². The average molecular weight is 288 g/mol. The molecule has 0 amide bonds. The van der Waals surface area contributed by atoms with E-state index in [4.69, 9.17) is 5.73 Å². The molecular formula is C17H28N4. The molecule has 1 saturated heterocycles. The summed E-state index contributed by atoms with van der Waals surface area (Å²) in [6, 6.07) is 10.7. The summed E-state index contributed by atoms with van der Waals surface area (Å²) in [5.74, 6) is 1.42. The van der Waals surface area contributed by atoms with Gasteiger partial charge in [0.2, 0.25) is 0 Å². The van der Waals surface area contributed by atoms with Gasteiger partial charge in [0.1, 0.15) is 0 Å². The fraction of sp³-hybridized carbons (Fsp3) is 0.588. The van der Waals surface area contributed by atoms with Crippen molar-refractivity contribution < 1.29 is 0 Å². The van der Waals surface area contributed by atoms with E-state index in [9.17, 15) is 0 Å². The third kappa shape index (κ3) is 4.38. The van der Waals surface area contributed by atoms with Gasteiger partial charge in [-0.1, -0.05) is 25.1 Å². The molecule has 21 heavy (non-hydrogen) atoms. The van der Waals surface area contributed by atoms with Gasteiger partial charge in [-0.25, -0.2) is 0 Å². The van der Waals surface area contributed by atoms with Gasteiger partial charge < -0.3 is 15.5 Å². The Labute approximate surface area is 128 Å². The lowest BCUT2D eigenvalue weighted by atomic mass is 10.0. The predicted octanol–water partition coefficient (Wildman–Crippen LogP) is 2.56. The Morgan fingerprint density at radius 1 is 1.43 bits per heavy atom. The van der Waals surface area contributed by atoms with Crippen LogP contribution in [0.3, 0.4) is 0 Å². The van der Waals surface area contributed by atoms with E-state index in [1.54, 1.807) is 0 Å². The second-order valence-corrected chi connectivity index (χ2v) is 6.19. The first kappa shape index (κ1) is 15.7. The van der Waals surface area contributed by atoms with Crippen LogP contribution in [0.15, 0.2) is 35.3 Å². The number of guanidine groups is 1. The highest BCUT2D eigenvalue weighted by molar-refractivity contribution is 5.78. The van der Waals surface area contributed by atoms with Crippen LogP contribution in [0.2, 0.25) is 0 Å².